The molecule has 0 atom stereocenters. The lowest BCUT2D eigenvalue weighted by molar-refractivity contribution is 0.754. The minimum Gasteiger partial charge on any atom is -0.310 e. The Bertz CT molecular complexity index is 3880. The van der Waals surface area contributed by atoms with Crippen LogP contribution in [0, 0.1) is 0 Å². The second-order valence-electron chi connectivity index (χ2n) is 18.1. The molecule has 0 saturated heterocycles. The molecule has 1 spiro atoms. The molecular weight excluding hydrogens is 851 g/mol. The Kier molecular flexibility index (Phi) is 9.04. The third-order valence-electron chi connectivity index (χ3n) is 14.3. The number of benzene rings is 8. The SMILES string of the molecule is c1ccc(-c2nc3ccccc3c3cc4c(cc23)-c2cc(-c3ccc(-c5cc(-c6ccccn6)nc(-c6ccccn6)c5)cc3)ccc2C42c3ccccc3N(c3ccccc3)c3ccccc32)cc1. The molecule has 5 nitrogen and oxygen atoms in total. The van der Waals surface area contributed by atoms with Crippen LogP contribution in [0.15, 0.2) is 249 Å². The molecule has 1 aliphatic carbocycles. The zero-order valence-electron chi connectivity index (χ0n) is 37.9. The van der Waals surface area contributed by atoms with Crippen molar-refractivity contribution in [1.29, 1.82) is 0 Å². The summed E-state index contributed by atoms with van der Waals surface area (Å²) in [5.74, 6) is 0. The number of hydrogen-bond acceptors (Lipinski definition) is 5. The van der Waals surface area contributed by atoms with Crippen LogP contribution in [-0.4, -0.2) is 19.9 Å². The van der Waals surface area contributed by atoms with Crippen LogP contribution in [0.2, 0.25) is 0 Å². The number of rotatable bonds is 6. The summed E-state index contributed by atoms with van der Waals surface area (Å²) in [6.45, 7) is 0. The minimum atomic E-state index is -0.630. The van der Waals surface area contributed by atoms with Crippen LogP contribution in [-0.2, 0) is 5.41 Å². The highest BCUT2D eigenvalue weighted by atomic mass is 15.2. The lowest BCUT2D eigenvalue weighted by Crippen LogP contribution is -2.36. The molecule has 1 aliphatic heterocycles. The Labute approximate surface area is 405 Å². The molecule has 0 N–H and O–H groups in total. The van der Waals surface area contributed by atoms with Crippen molar-refractivity contribution in [2.24, 2.45) is 0 Å². The van der Waals surface area contributed by atoms with Crippen molar-refractivity contribution in [3.63, 3.8) is 0 Å². The first-order valence-electron chi connectivity index (χ1n) is 23.8. The molecule has 12 aromatic rings. The Morgan fingerprint density at radius 1 is 0.314 bits per heavy atom. The van der Waals surface area contributed by atoms with Crippen LogP contribution in [0.25, 0.3) is 89.1 Å². The average Bonchev–Trinajstić information content (AvgIpc) is 3.72. The largest absolute Gasteiger partial charge is 0.310 e. The first-order chi connectivity index (χ1) is 34.7. The molecule has 0 unspecified atom stereocenters. The number of aromatic nitrogens is 4. The van der Waals surface area contributed by atoms with Gasteiger partial charge >= 0.3 is 0 Å². The van der Waals surface area contributed by atoms with Crippen molar-refractivity contribution < 1.29 is 0 Å². The molecule has 4 aromatic heterocycles. The molecule has 0 radical (unpaired) electrons. The minimum absolute atomic E-state index is 0.630. The van der Waals surface area contributed by atoms with E-state index in [0.717, 1.165) is 78.3 Å². The Morgan fingerprint density at radius 3 is 1.53 bits per heavy atom. The quantitative estimate of drug-likeness (QED) is 0.156. The zero-order valence-corrected chi connectivity index (χ0v) is 37.9. The lowest BCUT2D eigenvalue weighted by Gasteiger charge is -2.45. The van der Waals surface area contributed by atoms with Crippen molar-refractivity contribution in [1.82, 2.24) is 19.9 Å². The standard InChI is InChI=1S/C65H41N5/c1-3-17-44(18-4-1)64-52-40-51-50-37-45(42-29-31-43(32-30-42)46-38-60(58-25-13-15-35-66-58)68-61(39-46)59-26-14-16-36-67-59)33-34-53(50)65(56(51)41-49(52)48-21-7-10-24-57(48)69-64)54-22-8-11-27-62(54)70(47-19-5-2-6-20-47)63-28-12-9-23-55(63)65/h1-41H. The maximum atomic E-state index is 5.40. The summed E-state index contributed by atoms with van der Waals surface area (Å²) in [5.41, 5.74) is 21.1. The van der Waals surface area contributed by atoms with Gasteiger partial charge in [-0.25, -0.2) is 9.97 Å². The topological polar surface area (TPSA) is 54.8 Å². The van der Waals surface area contributed by atoms with Gasteiger partial charge in [-0.2, -0.15) is 0 Å². The predicted octanol–water partition coefficient (Wildman–Crippen LogP) is 16.1. The zero-order chi connectivity index (χ0) is 46.2. The summed E-state index contributed by atoms with van der Waals surface area (Å²) in [6, 6.07) is 85.3. The molecular formula is C65H41N5. The van der Waals surface area contributed by atoms with Crippen molar-refractivity contribution in [3.05, 3.63) is 271 Å². The molecule has 0 fully saturated rings. The van der Waals surface area contributed by atoms with Crippen LogP contribution in [0.1, 0.15) is 22.3 Å². The molecule has 0 bridgehead atoms. The normalized spacial score (nSPS) is 12.9. The summed E-state index contributed by atoms with van der Waals surface area (Å²) in [6.07, 6.45) is 3.62. The molecule has 8 aromatic carbocycles. The second kappa shape index (κ2) is 15.9. The van der Waals surface area contributed by atoms with Crippen molar-refractivity contribution in [2.45, 2.75) is 5.41 Å². The second-order valence-corrected chi connectivity index (χ2v) is 18.1. The summed E-state index contributed by atoms with van der Waals surface area (Å²) in [4.78, 5) is 22.2. The van der Waals surface area contributed by atoms with Gasteiger partial charge in [0.2, 0.25) is 0 Å². The maximum absolute atomic E-state index is 5.40. The van der Waals surface area contributed by atoms with Crippen LogP contribution in [0.3, 0.4) is 0 Å². The van der Waals surface area contributed by atoms with E-state index < -0.39 is 5.41 Å². The molecule has 0 saturated carbocycles. The third-order valence-corrected chi connectivity index (χ3v) is 14.3. The van der Waals surface area contributed by atoms with E-state index in [2.05, 4.69) is 215 Å². The first-order valence-corrected chi connectivity index (χ1v) is 23.8. The molecule has 70 heavy (non-hydrogen) atoms. The number of pyridine rings is 4. The van der Waals surface area contributed by atoms with E-state index in [1.807, 2.05) is 48.8 Å². The van der Waals surface area contributed by atoms with Gasteiger partial charge in [0.25, 0.3) is 0 Å². The van der Waals surface area contributed by atoms with Gasteiger partial charge in [-0.3, -0.25) is 9.97 Å². The third kappa shape index (κ3) is 6.11. The van der Waals surface area contributed by atoms with Crippen molar-refractivity contribution in [2.75, 3.05) is 4.90 Å². The highest BCUT2D eigenvalue weighted by Gasteiger charge is 2.52. The van der Waals surface area contributed by atoms with Crippen LogP contribution >= 0.6 is 0 Å². The van der Waals surface area contributed by atoms with E-state index in [9.17, 15) is 0 Å². The smallest absolute Gasteiger partial charge is 0.0900 e. The number of para-hydroxylation sites is 4. The fourth-order valence-electron chi connectivity index (χ4n) is 11.3. The van der Waals surface area contributed by atoms with Gasteiger partial charge in [0, 0.05) is 34.4 Å². The van der Waals surface area contributed by atoms with Crippen LogP contribution < -0.4 is 4.90 Å². The van der Waals surface area contributed by atoms with Gasteiger partial charge in [0.05, 0.1) is 50.8 Å². The van der Waals surface area contributed by atoms with E-state index in [0.29, 0.717) is 0 Å². The van der Waals surface area contributed by atoms with E-state index in [1.54, 1.807) is 0 Å². The van der Waals surface area contributed by atoms with E-state index in [4.69, 9.17) is 9.97 Å². The fraction of sp³-hybridized carbons (Fsp3) is 0.0154. The monoisotopic (exact) mass is 891 g/mol. The highest BCUT2D eigenvalue weighted by molar-refractivity contribution is 6.14. The van der Waals surface area contributed by atoms with E-state index >= 15 is 0 Å². The van der Waals surface area contributed by atoms with Gasteiger partial charge in [-0.15, -0.1) is 0 Å². The Morgan fingerprint density at radius 2 is 0.871 bits per heavy atom. The van der Waals surface area contributed by atoms with Crippen LogP contribution in [0.5, 0.6) is 0 Å². The summed E-state index contributed by atoms with van der Waals surface area (Å²) >= 11 is 0. The Hall–Kier alpha value is -9.32. The van der Waals surface area contributed by atoms with Gasteiger partial charge in [0.15, 0.2) is 0 Å². The summed E-state index contributed by atoms with van der Waals surface area (Å²) < 4.78 is 0. The molecule has 2 aliphatic rings. The average molecular weight is 892 g/mol. The van der Waals surface area contributed by atoms with Gasteiger partial charge < -0.3 is 4.90 Å². The van der Waals surface area contributed by atoms with Gasteiger partial charge in [0.1, 0.15) is 0 Å². The molecule has 0 amide bonds. The summed E-state index contributed by atoms with van der Waals surface area (Å²) in [7, 11) is 0. The van der Waals surface area contributed by atoms with E-state index in [1.165, 1.54) is 50.1 Å². The van der Waals surface area contributed by atoms with Gasteiger partial charge in [-0.05, 0) is 146 Å². The van der Waals surface area contributed by atoms with Crippen molar-refractivity contribution in [3.8, 4) is 67.4 Å². The van der Waals surface area contributed by atoms with E-state index in [-0.39, 0.29) is 0 Å². The highest BCUT2D eigenvalue weighted by Crippen LogP contribution is 2.64. The first kappa shape index (κ1) is 39.8. The number of fused-ring (bicyclic) bond motifs is 12. The van der Waals surface area contributed by atoms with Crippen LogP contribution in [0.4, 0.5) is 17.1 Å². The fourth-order valence-corrected chi connectivity index (χ4v) is 11.3. The lowest BCUT2D eigenvalue weighted by atomic mass is 9.64. The number of hydrogen-bond donors (Lipinski definition) is 0. The maximum Gasteiger partial charge on any atom is 0.0900 e. The van der Waals surface area contributed by atoms with Crippen molar-refractivity contribution >= 4 is 38.7 Å². The predicted molar refractivity (Wildman–Crippen MR) is 285 cm³/mol. The molecule has 5 heterocycles. The number of nitrogens with zero attached hydrogens (tertiary/aromatic N) is 5. The summed E-state index contributed by atoms with van der Waals surface area (Å²) in [5, 5.41) is 3.47. The molecule has 326 valence electrons. The molecule has 14 rings (SSSR count). The Balaban J connectivity index is 0.995. The molecule has 5 heteroatoms. The van der Waals surface area contributed by atoms with Gasteiger partial charge in [-0.1, -0.05) is 152 Å². The number of anilines is 3.